The van der Waals surface area contributed by atoms with Gasteiger partial charge in [0.1, 0.15) is 0 Å². The van der Waals surface area contributed by atoms with E-state index in [9.17, 15) is 0 Å². The second kappa shape index (κ2) is 3.08. The summed E-state index contributed by atoms with van der Waals surface area (Å²) in [7, 11) is 0. The number of nitrogens with two attached hydrogens (primary N) is 2. The normalized spacial score (nSPS) is 15.6. The van der Waals surface area contributed by atoms with Gasteiger partial charge in [-0.05, 0) is 19.1 Å². The smallest absolute Gasteiger partial charge is 0.0789 e. The standard InChI is InChI=1S/C8H13N3O/c1-8(10,5-12)7-3-2-6(9)4-11-7/h2-4,12H,5,9-10H2,1H3. The molecule has 5 N–H and O–H groups in total. The van der Waals surface area contributed by atoms with Crippen LogP contribution in [0.5, 0.6) is 0 Å². The van der Waals surface area contributed by atoms with Crippen LogP contribution in [0.15, 0.2) is 18.3 Å². The first kappa shape index (κ1) is 8.96. The molecule has 0 aliphatic heterocycles. The molecule has 1 heterocycles. The molecule has 0 spiro atoms. The predicted octanol–water partition coefficient (Wildman–Crippen LogP) is -0.170. The van der Waals surface area contributed by atoms with Crippen LogP contribution in [0, 0.1) is 0 Å². The Morgan fingerprint density at radius 2 is 2.25 bits per heavy atom. The minimum atomic E-state index is -0.784. The van der Waals surface area contributed by atoms with E-state index in [4.69, 9.17) is 16.6 Å². The number of nitrogen functional groups attached to an aromatic ring is 1. The van der Waals surface area contributed by atoms with E-state index in [-0.39, 0.29) is 6.61 Å². The lowest BCUT2D eigenvalue weighted by Crippen LogP contribution is -2.37. The second-order valence-electron chi connectivity index (χ2n) is 3.05. The SMILES string of the molecule is CC(N)(CO)c1ccc(N)cn1. The van der Waals surface area contributed by atoms with Crippen molar-refractivity contribution in [2.45, 2.75) is 12.5 Å². The Hall–Kier alpha value is -1.13. The monoisotopic (exact) mass is 167 g/mol. The molecule has 0 bridgehead atoms. The van der Waals surface area contributed by atoms with E-state index < -0.39 is 5.54 Å². The molecule has 4 heteroatoms. The highest BCUT2D eigenvalue weighted by Crippen LogP contribution is 2.14. The molecule has 0 saturated carbocycles. The molecule has 0 aromatic carbocycles. The van der Waals surface area contributed by atoms with Gasteiger partial charge < -0.3 is 16.6 Å². The summed E-state index contributed by atoms with van der Waals surface area (Å²) >= 11 is 0. The van der Waals surface area contributed by atoms with Gasteiger partial charge in [-0.25, -0.2) is 0 Å². The zero-order valence-electron chi connectivity index (χ0n) is 6.99. The minimum Gasteiger partial charge on any atom is -0.397 e. The zero-order chi connectivity index (χ0) is 9.19. The van der Waals surface area contributed by atoms with Crippen LogP contribution in [0.4, 0.5) is 5.69 Å². The molecule has 0 saturated heterocycles. The fourth-order valence-corrected chi connectivity index (χ4v) is 0.824. The summed E-state index contributed by atoms with van der Waals surface area (Å²) in [6.07, 6.45) is 1.52. The maximum Gasteiger partial charge on any atom is 0.0789 e. The quantitative estimate of drug-likeness (QED) is 0.571. The molecule has 1 rings (SSSR count). The van der Waals surface area contributed by atoms with Crippen molar-refractivity contribution in [1.82, 2.24) is 4.98 Å². The van der Waals surface area contributed by atoms with Gasteiger partial charge in [0.15, 0.2) is 0 Å². The van der Waals surface area contributed by atoms with Gasteiger partial charge in [-0.1, -0.05) is 0 Å². The van der Waals surface area contributed by atoms with Gasteiger partial charge in [0.2, 0.25) is 0 Å². The van der Waals surface area contributed by atoms with E-state index >= 15 is 0 Å². The number of hydrogen-bond donors (Lipinski definition) is 3. The van der Waals surface area contributed by atoms with E-state index in [1.54, 1.807) is 19.1 Å². The average Bonchev–Trinajstić information content (AvgIpc) is 2.05. The van der Waals surface area contributed by atoms with Crippen molar-refractivity contribution in [3.8, 4) is 0 Å². The van der Waals surface area contributed by atoms with Crippen molar-refractivity contribution < 1.29 is 5.11 Å². The molecule has 1 aromatic rings. The molecule has 12 heavy (non-hydrogen) atoms. The number of hydrogen-bond acceptors (Lipinski definition) is 4. The maximum atomic E-state index is 8.92. The lowest BCUT2D eigenvalue weighted by Gasteiger charge is -2.20. The van der Waals surface area contributed by atoms with Crippen LogP contribution in [0.3, 0.4) is 0 Å². The molecule has 66 valence electrons. The van der Waals surface area contributed by atoms with Crippen molar-refractivity contribution in [2.24, 2.45) is 5.73 Å². The van der Waals surface area contributed by atoms with Gasteiger partial charge >= 0.3 is 0 Å². The highest BCUT2D eigenvalue weighted by molar-refractivity contribution is 5.35. The second-order valence-corrected chi connectivity index (χ2v) is 3.05. The first-order valence-electron chi connectivity index (χ1n) is 3.68. The molecular weight excluding hydrogens is 154 g/mol. The molecular formula is C8H13N3O. The maximum absolute atomic E-state index is 8.92. The van der Waals surface area contributed by atoms with E-state index in [1.165, 1.54) is 6.20 Å². The third kappa shape index (κ3) is 1.72. The predicted molar refractivity (Wildman–Crippen MR) is 47.3 cm³/mol. The van der Waals surface area contributed by atoms with Gasteiger partial charge in [-0.3, -0.25) is 4.98 Å². The van der Waals surface area contributed by atoms with E-state index in [2.05, 4.69) is 4.98 Å². The zero-order valence-corrected chi connectivity index (χ0v) is 6.99. The Bertz CT molecular complexity index is 256. The molecule has 0 aliphatic carbocycles. The molecule has 0 amide bonds. The summed E-state index contributed by atoms with van der Waals surface area (Å²) in [5.74, 6) is 0. The third-order valence-corrected chi connectivity index (χ3v) is 1.70. The topological polar surface area (TPSA) is 85.2 Å². The van der Waals surface area contributed by atoms with Gasteiger partial charge in [-0.2, -0.15) is 0 Å². The molecule has 4 nitrogen and oxygen atoms in total. The molecule has 1 aromatic heterocycles. The highest BCUT2D eigenvalue weighted by Gasteiger charge is 2.20. The highest BCUT2D eigenvalue weighted by atomic mass is 16.3. The Morgan fingerprint density at radius 3 is 2.67 bits per heavy atom. The minimum absolute atomic E-state index is 0.135. The number of pyridine rings is 1. The molecule has 1 atom stereocenters. The van der Waals surface area contributed by atoms with Crippen LogP contribution in [-0.2, 0) is 5.54 Å². The average molecular weight is 167 g/mol. The van der Waals surface area contributed by atoms with Crippen LogP contribution in [-0.4, -0.2) is 16.7 Å². The number of aliphatic hydroxyl groups is 1. The van der Waals surface area contributed by atoms with Crippen LogP contribution in [0.1, 0.15) is 12.6 Å². The summed E-state index contributed by atoms with van der Waals surface area (Å²) in [5, 5.41) is 8.92. The third-order valence-electron chi connectivity index (χ3n) is 1.70. The molecule has 0 radical (unpaired) electrons. The largest absolute Gasteiger partial charge is 0.397 e. The number of aromatic nitrogens is 1. The Morgan fingerprint density at radius 1 is 1.58 bits per heavy atom. The van der Waals surface area contributed by atoms with Crippen molar-refractivity contribution in [3.05, 3.63) is 24.0 Å². The van der Waals surface area contributed by atoms with Crippen LogP contribution < -0.4 is 11.5 Å². The molecule has 0 fully saturated rings. The number of anilines is 1. The summed E-state index contributed by atoms with van der Waals surface area (Å²) < 4.78 is 0. The molecule has 0 aliphatic rings. The summed E-state index contributed by atoms with van der Waals surface area (Å²) in [5.41, 5.74) is 11.6. The number of nitrogens with zero attached hydrogens (tertiary/aromatic N) is 1. The van der Waals surface area contributed by atoms with E-state index in [0.717, 1.165) is 0 Å². The van der Waals surface area contributed by atoms with Gasteiger partial charge in [0.05, 0.1) is 29.7 Å². The fraction of sp³-hybridized carbons (Fsp3) is 0.375. The Labute approximate surface area is 71.2 Å². The summed E-state index contributed by atoms with van der Waals surface area (Å²) in [6.45, 7) is 1.58. The molecule has 1 unspecified atom stereocenters. The van der Waals surface area contributed by atoms with Crippen LogP contribution in [0.25, 0.3) is 0 Å². The van der Waals surface area contributed by atoms with E-state index in [1.807, 2.05) is 0 Å². The number of aliphatic hydroxyl groups excluding tert-OH is 1. The van der Waals surface area contributed by atoms with E-state index in [0.29, 0.717) is 11.4 Å². The van der Waals surface area contributed by atoms with Gasteiger partial charge in [0, 0.05) is 0 Å². The number of rotatable bonds is 2. The van der Waals surface area contributed by atoms with Crippen molar-refractivity contribution >= 4 is 5.69 Å². The Kier molecular flexibility index (Phi) is 2.30. The van der Waals surface area contributed by atoms with Crippen molar-refractivity contribution in [3.63, 3.8) is 0 Å². The fourth-order valence-electron chi connectivity index (χ4n) is 0.824. The van der Waals surface area contributed by atoms with Crippen molar-refractivity contribution in [2.75, 3.05) is 12.3 Å². The first-order valence-corrected chi connectivity index (χ1v) is 3.68. The Balaban J connectivity index is 2.96. The van der Waals surface area contributed by atoms with Gasteiger partial charge in [0.25, 0.3) is 0 Å². The summed E-state index contributed by atoms with van der Waals surface area (Å²) in [6, 6.07) is 3.43. The van der Waals surface area contributed by atoms with Crippen LogP contribution in [0.2, 0.25) is 0 Å². The first-order chi connectivity index (χ1) is 5.56. The lowest BCUT2D eigenvalue weighted by molar-refractivity contribution is 0.207. The van der Waals surface area contributed by atoms with Crippen LogP contribution >= 0.6 is 0 Å². The lowest BCUT2D eigenvalue weighted by atomic mass is 10.00. The summed E-state index contributed by atoms with van der Waals surface area (Å²) in [4.78, 5) is 4.01. The van der Waals surface area contributed by atoms with Gasteiger partial charge in [-0.15, -0.1) is 0 Å². The van der Waals surface area contributed by atoms with Crippen molar-refractivity contribution in [1.29, 1.82) is 0 Å².